The SMILES string of the molecule is CNS(=O)(=O)CCNC(=O)C[C@@H]1COc2ccc(C(=O)N(C)C)cc2N1C. The van der Waals surface area contributed by atoms with E-state index in [9.17, 15) is 18.0 Å². The number of rotatable bonds is 7. The van der Waals surface area contributed by atoms with Crippen LogP contribution in [0.3, 0.4) is 0 Å². The number of hydrogen-bond donors (Lipinski definition) is 2. The molecule has 1 aliphatic rings. The number of ether oxygens (including phenoxy) is 1. The topological polar surface area (TPSA) is 108 Å². The molecule has 0 bridgehead atoms. The molecule has 9 nitrogen and oxygen atoms in total. The highest BCUT2D eigenvalue weighted by atomic mass is 32.2. The Morgan fingerprint density at radius 1 is 1.33 bits per heavy atom. The van der Waals surface area contributed by atoms with Crippen LogP contribution >= 0.6 is 0 Å². The molecule has 0 aromatic heterocycles. The van der Waals surface area contributed by atoms with Crippen LogP contribution in [-0.4, -0.2) is 78.3 Å². The van der Waals surface area contributed by atoms with E-state index < -0.39 is 10.0 Å². The Balaban J connectivity index is 2.01. The number of anilines is 1. The maximum absolute atomic E-state index is 12.2. The molecule has 0 unspecified atom stereocenters. The summed E-state index contributed by atoms with van der Waals surface area (Å²) in [6, 6.07) is 5.00. The van der Waals surface area contributed by atoms with Gasteiger partial charge in [0.1, 0.15) is 12.4 Å². The van der Waals surface area contributed by atoms with Gasteiger partial charge in [-0.25, -0.2) is 13.1 Å². The number of carbonyl (C=O) groups is 2. The van der Waals surface area contributed by atoms with Gasteiger partial charge in [-0.15, -0.1) is 0 Å². The lowest BCUT2D eigenvalue weighted by molar-refractivity contribution is -0.121. The molecule has 1 aromatic rings. The third-order valence-electron chi connectivity index (χ3n) is 4.40. The van der Waals surface area contributed by atoms with Crippen LogP contribution in [0.2, 0.25) is 0 Å². The highest BCUT2D eigenvalue weighted by molar-refractivity contribution is 7.89. The second-order valence-electron chi connectivity index (χ2n) is 6.53. The van der Waals surface area contributed by atoms with Gasteiger partial charge >= 0.3 is 0 Å². The first kappa shape index (κ1) is 21.0. The fraction of sp³-hybridized carbons (Fsp3) is 0.529. The molecule has 1 aromatic carbocycles. The molecule has 2 amide bonds. The van der Waals surface area contributed by atoms with E-state index in [0.717, 1.165) is 5.69 Å². The minimum absolute atomic E-state index is 0.0391. The van der Waals surface area contributed by atoms with Crippen molar-refractivity contribution in [3.63, 3.8) is 0 Å². The van der Waals surface area contributed by atoms with Crippen LogP contribution in [0, 0.1) is 0 Å². The van der Waals surface area contributed by atoms with Crippen LogP contribution in [0.25, 0.3) is 0 Å². The van der Waals surface area contributed by atoms with Gasteiger partial charge < -0.3 is 19.9 Å². The second-order valence-corrected chi connectivity index (χ2v) is 8.58. The number of benzene rings is 1. The van der Waals surface area contributed by atoms with E-state index >= 15 is 0 Å². The minimum atomic E-state index is -3.35. The molecule has 1 heterocycles. The van der Waals surface area contributed by atoms with Gasteiger partial charge in [0, 0.05) is 33.3 Å². The number of nitrogens with zero attached hydrogens (tertiary/aromatic N) is 2. The van der Waals surface area contributed by atoms with E-state index in [1.807, 2.05) is 11.9 Å². The number of fused-ring (bicyclic) bond motifs is 1. The maximum atomic E-state index is 12.2. The number of amides is 2. The molecule has 2 rings (SSSR count). The highest BCUT2D eigenvalue weighted by Gasteiger charge is 2.27. The summed E-state index contributed by atoms with van der Waals surface area (Å²) in [5, 5.41) is 2.61. The smallest absolute Gasteiger partial charge is 0.253 e. The zero-order valence-corrected chi connectivity index (χ0v) is 16.8. The van der Waals surface area contributed by atoms with Gasteiger partial charge in [-0.1, -0.05) is 0 Å². The third kappa shape index (κ3) is 5.33. The van der Waals surface area contributed by atoms with Crippen molar-refractivity contribution in [3.8, 4) is 5.75 Å². The van der Waals surface area contributed by atoms with Gasteiger partial charge in [0.25, 0.3) is 5.91 Å². The summed E-state index contributed by atoms with van der Waals surface area (Å²) >= 11 is 0. The van der Waals surface area contributed by atoms with E-state index in [1.54, 1.807) is 32.3 Å². The average molecular weight is 398 g/mol. The van der Waals surface area contributed by atoms with Gasteiger partial charge in [0.05, 0.1) is 23.9 Å². The van der Waals surface area contributed by atoms with Gasteiger partial charge in [0.2, 0.25) is 15.9 Å². The first-order valence-corrected chi connectivity index (χ1v) is 10.2. The summed E-state index contributed by atoms with van der Waals surface area (Å²) in [6.07, 6.45) is 0.154. The zero-order chi connectivity index (χ0) is 20.2. The normalized spacial score (nSPS) is 16.3. The molecule has 0 aliphatic carbocycles. The van der Waals surface area contributed by atoms with Crippen LogP contribution in [0.1, 0.15) is 16.8 Å². The molecule has 0 fully saturated rings. The summed E-state index contributed by atoms with van der Waals surface area (Å²) in [6.45, 7) is 0.365. The Labute approximate surface area is 159 Å². The largest absolute Gasteiger partial charge is 0.489 e. The summed E-state index contributed by atoms with van der Waals surface area (Å²) < 4.78 is 30.7. The van der Waals surface area contributed by atoms with Crippen molar-refractivity contribution in [2.24, 2.45) is 0 Å². The molecule has 27 heavy (non-hydrogen) atoms. The van der Waals surface area contributed by atoms with Crippen molar-refractivity contribution in [1.82, 2.24) is 14.9 Å². The summed E-state index contributed by atoms with van der Waals surface area (Å²) in [4.78, 5) is 27.7. The van der Waals surface area contributed by atoms with Crippen LogP contribution in [-0.2, 0) is 14.8 Å². The molecule has 1 atom stereocenters. The molecule has 0 radical (unpaired) electrons. The zero-order valence-electron chi connectivity index (χ0n) is 16.0. The maximum Gasteiger partial charge on any atom is 0.253 e. The predicted octanol–water partition coefficient (Wildman–Crippen LogP) is -0.359. The Morgan fingerprint density at radius 3 is 2.67 bits per heavy atom. The van der Waals surface area contributed by atoms with Crippen molar-refractivity contribution in [3.05, 3.63) is 23.8 Å². The summed E-state index contributed by atoms with van der Waals surface area (Å²) in [5.41, 5.74) is 1.28. The summed E-state index contributed by atoms with van der Waals surface area (Å²) in [5.74, 6) is 0.109. The number of nitrogens with one attached hydrogen (secondary N) is 2. The molecule has 0 saturated heterocycles. The van der Waals surface area contributed by atoms with Gasteiger partial charge in [-0.2, -0.15) is 0 Å². The van der Waals surface area contributed by atoms with E-state index in [4.69, 9.17) is 4.74 Å². The van der Waals surface area contributed by atoms with Crippen LogP contribution < -0.4 is 19.7 Å². The number of hydrogen-bond acceptors (Lipinski definition) is 6. The monoisotopic (exact) mass is 398 g/mol. The molecule has 1 aliphatic heterocycles. The molecular formula is C17H26N4O5S. The Bertz CT molecular complexity index is 810. The van der Waals surface area contributed by atoms with Crippen molar-refractivity contribution in [1.29, 1.82) is 0 Å². The number of likely N-dealkylation sites (N-methyl/N-ethyl adjacent to an activating group) is 1. The predicted molar refractivity (Wildman–Crippen MR) is 103 cm³/mol. The Morgan fingerprint density at radius 2 is 2.04 bits per heavy atom. The Kier molecular flexibility index (Phi) is 6.66. The standard InChI is InChI=1S/C17H26N4O5S/c1-18-27(24,25)8-7-19-16(22)10-13-11-26-15-6-5-12(17(23)20(2)3)9-14(15)21(13)4/h5-6,9,13,18H,7-8,10-11H2,1-4H3,(H,19,22)/t13-/m1/s1. The third-order valence-corrected chi connectivity index (χ3v) is 5.76. The van der Waals surface area contributed by atoms with Crippen molar-refractivity contribution < 1.29 is 22.7 Å². The van der Waals surface area contributed by atoms with E-state index in [2.05, 4.69) is 10.0 Å². The van der Waals surface area contributed by atoms with Crippen molar-refractivity contribution in [2.75, 3.05) is 52.0 Å². The first-order chi connectivity index (χ1) is 12.6. The molecule has 150 valence electrons. The van der Waals surface area contributed by atoms with E-state index in [1.165, 1.54) is 11.9 Å². The highest BCUT2D eigenvalue weighted by Crippen LogP contribution is 2.34. The van der Waals surface area contributed by atoms with Crippen LogP contribution in [0.15, 0.2) is 18.2 Å². The van der Waals surface area contributed by atoms with E-state index in [-0.39, 0.29) is 36.6 Å². The number of carbonyl (C=O) groups excluding carboxylic acids is 2. The van der Waals surface area contributed by atoms with Crippen molar-refractivity contribution in [2.45, 2.75) is 12.5 Å². The molecular weight excluding hydrogens is 372 g/mol. The average Bonchev–Trinajstić information content (AvgIpc) is 2.63. The fourth-order valence-electron chi connectivity index (χ4n) is 2.71. The summed E-state index contributed by atoms with van der Waals surface area (Å²) in [7, 11) is 3.19. The first-order valence-electron chi connectivity index (χ1n) is 8.54. The molecule has 0 saturated carbocycles. The van der Waals surface area contributed by atoms with Crippen LogP contribution in [0.4, 0.5) is 5.69 Å². The molecule has 2 N–H and O–H groups in total. The van der Waals surface area contributed by atoms with Gasteiger partial charge in [0.15, 0.2) is 0 Å². The quantitative estimate of drug-likeness (QED) is 0.650. The van der Waals surface area contributed by atoms with Crippen molar-refractivity contribution >= 4 is 27.5 Å². The second kappa shape index (κ2) is 8.57. The minimum Gasteiger partial charge on any atom is -0.489 e. The van der Waals surface area contributed by atoms with E-state index in [0.29, 0.717) is 17.9 Å². The lowest BCUT2D eigenvalue weighted by Crippen LogP contribution is -2.44. The van der Waals surface area contributed by atoms with Crippen LogP contribution in [0.5, 0.6) is 5.75 Å². The number of sulfonamides is 1. The molecule has 10 heteroatoms. The Hall–Kier alpha value is -2.33. The van der Waals surface area contributed by atoms with Gasteiger partial charge in [-0.3, -0.25) is 9.59 Å². The van der Waals surface area contributed by atoms with Gasteiger partial charge in [-0.05, 0) is 25.2 Å². The lowest BCUT2D eigenvalue weighted by Gasteiger charge is -2.35. The lowest BCUT2D eigenvalue weighted by atomic mass is 10.1. The molecule has 0 spiro atoms. The fourth-order valence-corrected chi connectivity index (χ4v) is 3.28.